The molecule has 1 saturated heterocycles. The minimum absolute atomic E-state index is 0.0327. The first-order valence-electron chi connectivity index (χ1n) is 11.0. The molecule has 2 fully saturated rings. The van der Waals surface area contributed by atoms with Crippen LogP contribution >= 0.6 is 11.6 Å². The molecule has 0 bridgehead atoms. The molecule has 0 radical (unpaired) electrons. The standard InChI is InChI=1S/C24H23ClFN5O2/c25-18-5-1-15(2-6-18)13-30-14-16(11-21(30)32)12-27-24(33)22-23(17-3-4-17)31(29-28-22)20-9-7-19(26)8-10-20/h1-2,5-10,16-17H,3-4,11-14H2,(H,27,33). The molecule has 3 aromatic rings. The quantitative estimate of drug-likeness (QED) is 0.574. The van der Waals surface area contributed by atoms with Gasteiger partial charge in [0.05, 0.1) is 11.4 Å². The van der Waals surface area contributed by atoms with Crippen LogP contribution in [0.1, 0.15) is 46.9 Å². The summed E-state index contributed by atoms with van der Waals surface area (Å²) in [6.07, 6.45) is 2.32. The minimum atomic E-state index is -0.332. The second-order valence-corrected chi connectivity index (χ2v) is 9.10. The van der Waals surface area contributed by atoms with Crippen molar-refractivity contribution in [3.63, 3.8) is 0 Å². The van der Waals surface area contributed by atoms with Gasteiger partial charge >= 0.3 is 0 Å². The van der Waals surface area contributed by atoms with E-state index in [0.29, 0.717) is 42.5 Å². The molecule has 2 aromatic carbocycles. The molecule has 7 nitrogen and oxygen atoms in total. The minimum Gasteiger partial charge on any atom is -0.350 e. The zero-order chi connectivity index (χ0) is 22.9. The third-order valence-electron chi connectivity index (χ3n) is 6.09. The van der Waals surface area contributed by atoms with Crippen molar-refractivity contribution in [1.82, 2.24) is 25.2 Å². The Kier molecular flexibility index (Phi) is 5.85. The molecule has 1 unspecified atom stereocenters. The third kappa shape index (κ3) is 4.75. The van der Waals surface area contributed by atoms with Crippen molar-refractivity contribution in [2.75, 3.05) is 13.1 Å². The molecule has 2 aliphatic rings. The third-order valence-corrected chi connectivity index (χ3v) is 6.34. The number of benzene rings is 2. The largest absolute Gasteiger partial charge is 0.350 e. The van der Waals surface area contributed by atoms with Crippen molar-refractivity contribution < 1.29 is 14.0 Å². The number of nitrogens with one attached hydrogen (secondary N) is 1. The average Bonchev–Trinajstić information content (AvgIpc) is 3.46. The normalized spacial score (nSPS) is 18.1. The lowest BCUT2D eigenvalue weighted by Gasteiger charge is -2.17. The van der Waals surface area contributed by atoms with Gasteiger partial charge < -0.3 is 10.2 Å². The highest BCUT2D eigenvalue weighted by Crippen LogP contribution is 2.42. The van der Waals surface area contributed by atoms with Crippen LogP contribution in [0, 0.1) is 11.7 Å². The van der Waals surface area contributed by atoms with Crippen LogP contribution in [-0.2, 0) is 11.3 Å². The molecule has 1 N–H and O–H groups in total. The number of aromatic nitrogens is 3. The maximum absolute atomic E-state index is 13.3. The summed E-state index contributed by atoms with van der Waals surface area (Å²) in [5.41, 5.74) is 2.74. The molecule has 9 heteroatoms. The van der Waals surface area contributed by atoms with E-state index in [-0.39, 0.29) is 29.5 Å². The van der Waals surface area contributed by atoms with Crippen LogP contribution in [-0.4, -0.2) is 44.8 Å². The van der Waals surface area contributed by atoms with Crippen molar-refractivity contribution in [2.24, 2.45) is 5.92 Å². The van der Waals surface area contributed by atoms with E-state index in [4.69, 9.17) is 11.6 Å². The number of hydrogen-bond donors (Lipinski definition) is 1. The first-order chi connectivity index (χ1) is 16.0. The van der Waals surface area contributed by atoms with E-state index >= 15 is 0 Å². The smallest absolute Gasteiger partial charge is 0.273 e. The molecule has 1 aliphatic heterocycles. The van der Waals surface area contributed by atoms with Gasteiger partial charge in [-0.3, -0.25) is 9.59 Å². The number of rotatable bonds is 7. The van der Waals surface area contributed by atoms with Crippen molar-refractivity contribution in [1.29, 1.82) is 0 Å². The summed E-state index contributed by atoms with van der Waals surface area (Å²) in [5, 5.41) is 11.9. The van der Waals surface area contributed by atoms with Gasteiger partial charge in [0.15, 0.2) is 5.69 Å². The second kappa shape index (κ2) is 8.94. The Morgan fingerprint density at radius 2 is 1.85 bits per heavy atom. The maximum atomic E-state index is 13.3. The van der Waals surface area contributed by atoms with Gasteiger partial charge in [0.25, 0.3) is 5.91 Å². The van der Waals surface area contributed by atoms with Gasteiger partial charge in [-0.05, 0) is 54.8 Å². The Bertz CT molecular complexity index is 1170. The van der Waals surface area contributed by atoms with Gasteiger partial charge in [0.2, 0.25) is 5.91 Å². The van der Waals surface area contributed by atoms with Crippen molar-refractivity contribution in [3.8, 4) is 5.69 Å². The van der Waals surface area contributed by atoms with Gasteiger partial charge in [-0.15, -0.1) is 5.10 Å². The van der Waals surface area contributed by atoms with Crippen LogP contribution in [0.25, 0.3) is 5.69 Å². The average molecular weight is 468 g/mol. The lowest BCUT2D eigenvalue weighted by atomic mass is 10.1. The Labute approximate surface area is 195 Å². The lowest BCUT2D eigenvalue weighted by molar-refractivity contribution is -0.128. The summed E-state index contributed by atoms with van der Waals surface area (Å²) < 4.78 is 14.9. The number of carbonyl (C=O) groups excluding carboxylic acids is 2. The molecule has 170 valence electrons. The van der Waals surface area contributed by atoms with Crippen LogP contribution in [0.4, 0.5) is 4.39 Å². The molecule has 2 heterocycles. The highest BCUT2D eigenvalue weighted by atomic mass is 35.5. The number of hydrogen-bond acceptors (Lipinski definition) is 4. The van der Waals surface area contributed by atoms with E-state index in [1.165, 1.54) is 12.1 Å². The van der Waals surface area contributed by atoms with Crippen LogP contribution in [0.3, 0.4) is 0 Å². The van der Waals surface area contributed by atoms with E-state index in [2.05, 4.69) is 15.6 Å². The van der Waals surface area contributed by atoms with E-state index in [0.717, 1.165) is 24.1 Å². The second-order valence-electron chi connectivity index (χ2n) is 8.67. The van der Waals surface area contributed by atoms with E-state index < -0.39 is 0 Å². The fraction of sp³-hybridized carbons (Fsp3) is 0.333. The number of halogens is 2. The summed E-state index contributed by atoms with van der Waals surface area (Å²) in [4.78, 5) is 27.2. The maximum Gasteiger partial charge on any atom is 0.273 e. The molecule has 1 atom stereocenters. The Balaban J connectivity index is 1.23. The topological polar surface area (TPSA) is 80.1 Å². The van der Waals surface area contributed by atoms with Crippen LogP contribution in [0.15, 0.2) is 48.5 Å². The number of amides is 2. The van der Waals surface area contributed by atoms with E-state index in [1.54, 1.807) is 21.7 Å². The monoisotopic (exact) mass is 467 g/mol. The van der Waals surface area contributed by atoms with Gasteiger partial charge in [-0.25, -0.2) is 9.07 Å². The molecule has 0 spiro atoms. The van der Waals surface area contributed by atoms with Crippen molar-refractivity contribution in [3.05, 3.63) is 76.3 Å². The summed E-state index contributed by atoms with van der Waals surface area (Å²) in [7, 11) is 0. The van der Waals surface area contributed by atoms with Gasteiger partial charge in [0.1, 0.15) is 5.82 Å². The molecule has 2 amide bonds. The van der Waals surface area contributed by atoms with Crippen molar-refractivity contribution >= 4 is 23.4 Å². The Hall–Kier alpha value is -3.26. The predicted octanol–water partition coefficient (Wildman–Crippen LogP) is 3.72. The highest BCUT2D eigenvalue weighted by Gasteiger charge is 2.35. The van der Waals surface area contributed by atoms with Crippen molar-refractivity contribution in [2.45, 2.75) is 31.7 Å². The summed E-state index contributed by atoms with van der Waals surface area (Å²) in [6, 6.07) is 13.4. The summed E-state index contributed by atoms with van der Waals surface area (Å²) in [6.45, 7) is 1.49. The van der Waals surface area contributed by atoms with E-state index in [9.17, 15) is 14.0 Å². The number of nitrogens with zero attached hydrogens (tertiary/aromatic N) is 4. The fourth-order valence-corrected chi connectivity index (χ4v) is 4.35. The van der Waals surface area contributed by atoms with Gasteiger partial charge in [0, 0.05) is 42.9 Å². The van der Waals surface area contributed by atoms with Crippen LogP contribution < -0.4 is 5.32 Å². The fourth-order valence-electron chi connectivity index (χ4n) is 4.22. The SMILES string of the molecule is O=C(NCC1CC(=O)N(Cc2ccc(Cl)cc2)C1)c1nnn(-c2ccc(F)cc2)c1C1CC1. The van der Waals surface area contributed by atoms with Crippen LogP contribution in [0.5, 0.6) is 0 Å². The zero-order valence-electron chi connectivity index (χ0n) is 17.9. The number of carbonyl (C=O) groups is 2. The lowest BCUT2D eigenvalue weighted by Crippen LogP contribution is -2.32. The van der Waals surface area contributed by atoms with Crippen LogP contribution in [0.2, 0.25) is 5.02 Å². The first-order valence-corrected chi connectivity index (χ1v) is 11.4. The zero-order valence-corrected chi connectivity index (χ0v) is 18.6. The number of likely N-dealkylation sites (tertiary alicyclic amines) is 1. The molecule has 5 rings (SSSR count). The van der Waals surface area contributed by atoms with E-state index in [1.807, 2.05) is 24.3 Å². The summed E-state index contributed by atoms with van der Waals surface area (Å²) >= 11 is 5.93. The van der Waals surface area contributed by atoms with Gasteiger partial charge in [-0.2, -0.15) is 0 Å². The molecule has 1 aromatic heterocycles. The predicted molar refractivity (Wildman–Crippen MR) is 121 cm³/mol. The molecular weight excluding hydrogens is 445 g/mol. The first kappa shape index (κ1) is 21.6. The Morgan fingerprint density at radius 3 is 2.55 bits per heavy atom. The molecule has 1 aliphatic carbocycles. The molecular formula is C24H23ClFN5O2. The molecule has 33 heavy (non-hydrogen) atoms. The Morgan fingerprint density at radius 1 is 1.12 bits per heavy atom. The highest BCUT2D eigenvalue weighted by molar-refractivity contribution is 6.30. The molecule has 1 saturated carbocycles. The summed E-state index contributed by atoms with van der Waals surface area (Å²) in [5.74, 6) is -0.306. The van der Waals surface area contributed by atoms with Gasteiger partial charge in [-0.1, -0.05) is 28.9 Å².